The SMILES string of the molecule is CCOC(=O)N(C)c1ccc(-c2ccc(C(=O)NCc3cccnc3)nc2)cc1. The van der Waals surface area contributed by atoms with Crippen LogP contribution in [0, 0.1) is 0 Å². The van der Waals surface area contributed by atoms with Crippen LogP contribution in [0.4, 0.5) is 10.5 Å². The van der Waals surface area contributed by atoms with Gasteiger partial charge in [-0.2, -0.15) is 0 Å². The first kappa shape index (κ1) is 20.0. The second-order valence-electron chi connectivity index (χ2n) is 6.28. The Kier molecular flexibility index (Phi) is 6.52. The maximum absolute atomic E-state index is 12.3. The number of nitrogens with zero attached hydrogens (tertiary/aromatic N) is 3. The molecule has 0 saturated heterocycles. The monoisotopic (exact) mass is 390 g/mol. The molecule has 0 saturated carbocycles. The summed E-state index contributed by atoms with van der Waals surface area (Å²) in [6, 6.07) is 14.7. The summed E-state index contributed by atoms with van der Waals surface area (Å²) in [4.78, 5) is 33.8. The Bertz CT molecular complexity index is 958. The normalized spacial score (nSPS) is 10.3. The topological polar surface area (TPSA) is 84.4 Å². The number of aromatic nitrogens is 2. The molecule has 2 aromatic heterocycles. The van der Waals surface area contributed by atoms with E-state index in [-0.39, 0.29) is 5.91 Å². The number of carbonyl (C=O) groups excluding carboxylic acids is 2. The van der Waals surface area contributed by atoms with Crippen LogP contribution in [0.2, 0.25) is 0 Å². The van der Waals surface area contributed by atoms with Crippen molar-refractivity contribution < 1.29 is 14.3 Å². The van der Waals surface area contributed by atoms with Crippen molar-refractivity contribution in [2.24, 2.45) is 0 Å². The molecule has 29 heavy (non-hydrogen) atoms. The molecule has 2 amide bonds. The van der Waals surface area contributed by atoms with Gasteiger partial charge in [0.25, 0.3) is 5.91 Å². The van der Waals surface area contributed by atoms with Crippen molar-refractivity contribution in [3.05, 3.63) is 78.4 Å². The molecular weight excluding hydrogens is 368 g/mol. The molecule has 0 aliphatic rings. The lowest BCUT2D eigenvalue weighted by molar-refractivity contribution is 0.0946. The van der Waals surface area contributed by atoms with E-state index in [1.165, 1.54) is 4.90 Å². The third-order valence-corrected chi connectivity index (χ3v) is 4.30. The van der Waals surface area contributed by atoms with Gasteiger partial charge in [-0.15, -0.1) is 0 Å². The summed E-state index contributed by atoms with van der Waals surface area (Å²) in [5.74, 6) is -0.244. The van der Waals surface area contributed by atoms with Crippen LogP contribution in [0.15, 0.2) is 67.1 Å². The van der Waals surface area contributed by atoms with Gasteiger partial charge in [0.2, 0.25) is 0 Å². The predicted molar refractivity (Wildman–Crippen MR) is 111 cm³/mol. The average Bonchev–Trinajstić information content (AvgIpc) is 2.78. The van der Waals surface area contributed by atoms with Gasteiger partial charge in [0.15, 0.2) is 0 Å². The van der Waals surface area contributed by atoms with Gasteiger partial charge >= 0.3 is 6.09 Å². The highest BCUT2D eigenvalue weighted by molar-refractivity contribution is 5.92. The van der Waals surface area contributed by atoms with Gasteiger partial charge in [0.05, 0.1) is 6.61 Å². The molecule has 0 unspecified atom stereocenters. The fraction of sp³-hybridized carbons (Fsp3) is 0.182. The van der Waals surface area contributed by atoms with Crippen molar-refractivity contribution in [2.75, 3.05) is 18.6 Å². The zero-order chi connectivity index (χ0) is 20.6. The molecule has 0 atom stereocenters. The van der Waals surface area contributed by atoms with E-state index in [1.807, 2.05) is 42.5 Å². The number of rotatable bonds is 6. The Hall–Kier alpha value is -3.74. The van der Waals surface area contributed by atoms with Crippen LogP contribution in [0.5, 0.6) is 0 Å². The summed E-state index contributed by atoms with van der Waals surface area (Å²) >= 11 is 0. The Morgan fingerprint density at radius 2 is 1.79 bits per heavy atom. The third kappa shape index (κ3) is 5.16. The summed E-state index contributed by atoms with van der Waals surface area (Å²) in [6.07, 6.45) is 4.65. The number of ether oxygens (including phenoxy) is 1. The molecule has 0 aliphatic heterocycles. The third-order valence-electron chi connectivity index (χ3n) is 4.30. The molecule has 2 heterocycles. The summed E-state index contributed by atoms with van der Waals surface area (Å²) in [6.45, 7) is 2.49. The maximum Gasteiger partial charge on any atom is 0.413 e. The molecule has 3 aromatic rings. The largest absolute Gasteiger partial charge is 0.449 e. The molecule has 0 fully saturated rings. The molecule has 7 heteroatoms. The minimum absolute atomic E-state index is 0.244. The molecular formula is C22H22N4O3. The second kappa shape index (κ2) is 9.45. The summed E-state index contributed by atoms with van der Waals surface area (Å²) < 4.78 is 4.99. The van der Waals surface area contributed by atoms with E-state index in [2.05, 4.69) is 15.3 Å². The van der Waals surface area contributed by atoms with E-state index in [4.69, 9.17) is 4.74 Å². The Balaban J connectivity index is 1.63. The van der Waals surface area contributed by atoms with Gasteiger partial charge in [-0.3, -0.25) is 19.7 Å². The van der Waals surface area contributed by atoms with Crippen molar-refractivity contribution in [1.82, 2.24) is 15.3 Å². The number of anilines is 1. The fourth-order valence-electron chi connectivity index (χ4n) is 2.68. The summed E-state index contributed by atoms with van der Waals surface area (Å²) in [5.41, 5.74) is 3.80. The van der Waals surface area contributed by atoms with E-state index < -0.39 is 6.09 Å². The van der Waals surface area contributed by atoms with E-state index in [0.717, 1.165) is 22.4 Å². The number of pyridine rings is 2. The van der Waals surface area contributed by atoms with Crippen molar-refractivity contribution >= 4 is 17.7 Å². The Labute approximate surface area is 169 Å². The number of hydrogen-bond donors (Lipinski definition) is 1. The molecule has 7 nitrogen and oxygen atoms in total. The Morgan fingerprint density at radius 1 is 1.03 bits per heavy atom. The summed E-state index contributed by atoms with van der Waals surface area (Å²) in [5, 5.41) is 2.82. The minimum Gasteiger partial charge on any atom is -0.449 e. The summed E-state index contributed by atoms with van der Waals surface area (Å²) in [7, 11) is 1.66. The van der Waals surface area contributed by atoms with Crippen molar-refractivity contribution in [1.29, 1.82) is 0 Å². The molecule has 3 rings (SSSR count). The van der Waals surface area contributed by atoms with Crippen LogP contribution in [-0.4, -0.2) is 35.6 Å². The highest BCUT2D eigenvalue weighted by Crippen LogP contribution is 2.22. The van der Waals surface area contributed by atoms with Gasteiger partial charge in [-0.05, 0) is 42.3 Å². The van der Waals surface area contributed by atoms with Crippen molar-refractivity contribution in [3.8, 4) is 11.1 Å². The van der Waals surface area contributed by atoms with Crippen molar-refractivity contribution in [2.45, 2.75) is 13.5 Å². The van der Waals surface area contributed by atoms with E-state index in [0.29, 0.717) is 18.8 Å². The number of carbonyl (C=O) groups is 2. The fourth-order valence-corrected chi connectivity index (χ4v) is 2.68. The molecule has 0 spiro atoms. The van der Waals surface area contributed by atoms with Gasteiger partial charge in [0.1, 0.15) is 5.69 Å². The lowest BCUT2D eigenvalue weighted by Crippen LogP contribution is -2.26. The lowest BCUT2D eigenvalue weighted by atomic mass is 10.1. The highest BCUT2D eigenvalue weighted by atomic mass is 16.6. The van der Waals surface area contributed by atoms with Crippen LogP contribution in [0.25, 0.3) is 11.1 Å². The first-order valence-electron chi connectivity index (χ1n) is 9.22. The molecule has 0 bridgehead atoms. The second-order valence-corrected chi connectivity index (χ2v) is 6.28. The molecule has 1 N–H and O–H groups in total. The lowest BCUT2D eigenvalue weighted by Gasteiger charge is -2.16. The van der Waals surface area contributed by atoms with Crippen molar-refractivity contribution in [3.63, 3.8) is 0 Å². The zero-order valence-electron chi connectivity index (χ0n) is 16.3. The zero-order valence-corrected chi connectivity index (χ0v) is 16.3. The smallest absolute Gasteiger partial charge is 0.413 e. The molecule has 0 radical (unpaired) electrons. The van der Waals surface area contributed by atoms with Crippen LogP contribution >= 0.6 is 0 Å². The van der Waals surface area contributed by atoms with E-state index in [9.17, 15) is 9.59 Å². The molecule has 1 aromatic carbocycles. The van der Waals surface area contributed by atoms with Gasteiger partial charge in [0, 0.05) is 43.4 Å². The first-order valence-corrected chi connectivity index (χ1v) is 9.22. The van der Waals surface area contributed by atoms with Crippen LogP contribution < -0.4 is 10.2 Å². The number of amides is 2. The highest BCUT2D eigenvalue weighted by Gasteiger charge is 2.12. The number of nitrogens with one attached hydrogen (secondary N) is 1. The standard InChI is InChI=1S/C22H22N4O3/c1-3-29-22(28)26(2)19-9-6-17(7-10-19)18-8-11-20(24-15-18)21(27)25-14-16-5-4-12-23-13-16/h4-13,15H,3,14H2,1-2H3,(H,25,27). The van der Waals surface area contributed by atoms with Gasteiger partial charge in [-0.25, -0.2) is 4.79 Å². The van der Waals surface area contributed by atoms with Crippen LogP contribution in [0.1, 0.15) is 23.0 Å². The predicted octanol–water partition coefficient (Wildman–Crippen LogP) is 3.67. The molecule has 0 aliphatic carbocycles. The average molecular weight is 390 g/mol. The van der Waals surface area contributed by atoms with Gasteiger partial charge < -0.3 is 10.1 Å². The number of hydrogen-bond acceptors (Lipinski definition) is 5. The Morgan fingerprint density at radius 3 is 2.41 bits per heavy atom. The van der Waals surface area contributed by atoms with E-state index in [1.54, 1.807) is 38.6 Å². The molecule has 148 valence electrons. The van der Waals surface area contributed by atoms with Crippen LogP contribution in [-0.2, 0) is 11.3 Å². The number of benzene rings is 1. The maximum atomic E-state index is 12.3. The van der Waals surface area contributed by atoms with Crippen LogP contribution in [0.3, 0.4) is 0 Å². The van der Waals surface area contributed by atoms with Gasteiger partial charge in [-0.1, -0.05) is 24.3 Å². The first-order chi connectivity index (χ1) is 14.1. The van der Waals surface area contributed by atoms with E-state index >= 15 is 0 Å². The quantitative estimate of drug-likeness (QED) is 0.694. The minimum atomic E-state index is -0.399.